The molecule has 0 N–H and O–H groups in total. The standard InChI is InChI=1S/C9H15FO2P2/c1-3-4-5-6-7-8(2)9(11)12-14(10)13/h1,8H,4-7,13H2,2H3/t8-,14?/m0/s1. The summed E-state index contributed by atoms with van der Waals surface area (Å²) in [4.78, 5) is 11.1. The van der Waals surface area contributed by atoms with Crippen molar-refractivity contribution in [3.05, 3.63) is 0 Å². The monoisotopic (exact) mass is 236 g/mol. The van der Waals surface area contributed by atoms with Crippen LogP contribution in [0.25, 0.3) is 0 Å². The van der Waals surface area contributed by atoms with Crippen molar-refractivity contribution in [1.29, 1.82) is 0 Å². The van der Waals surface area contributed by atoms with Crippen molar-refractivity contribution in [2.75, 3.05) is 0 Å². The lowest BCUT2D eigenvalue weighted by Gasteiger charge is -2.10. The molecule has 0 aromatic rings. The molecule has 0 aromatic heterocycles. The normalized spacial score (nSPS) is 14.1. The van der Waals surface area contributed by atoms with Crippen molar-refractivity contribution in [3.8, 4) is 12.3 Å². The Morgan fingerprint density at radius 3 is 2.86 bits per heavy atom. The first-order chi connectivity index (χ1) is 6.57. The van der Waals surface area contributed by atoms with E-state index in [-0.39, 0.29) is 5.92 Å². The van der Waals surface area contributed by atoms with Gasteiger partial charge in [-0.05, 0) is 21.8 Å². The van der Waals surface area contributed by atoms with E-state index in [1.807, 2.05) is 8.93 Å². The lowest BCUT2D eigenvalue weighted by Crippen LogP contribution is -2.11. The molecule has 0 aromatic carbocycles. The topological polar surface area (TPSA) is 26.3 Å². The van der Waals surface area contributed by atoms with Gasteiger partial charge in [-0.3, -0.25) is 4.79 Å². The van der Waals surface area contributed by atoms with Gasteiger partial charge in [0.2, 0.25) is 0 Å². The van der Waals surface area contributed by atoms with Crippen molar-refractivity contribution < 1.29 is 13.5 Å². The van der Waals surface area contributed by atoms with Gasteiger partial charge in [0.05, 0.1) is 5.92 Å². The highest BCUT2D eigenvalue weighted by Gasteiger charge is 2.16. The van der Waals surface area contributed by atoms with Gasteiger partial charge in [0.1, 0.15) is 0 Å². The van der Waals surface area contributed by atoms with Crippen molar-refractivity contribution in [3.63, 3.8) is 0 Å². The largest absolute Gasteiger partial charge is 0.409 e. The average molecular weight is 236 g/mol. The van der Waals surface area contributed by atoms with Gasteiger partial charge in [0, 0.05) is 6.42 Å². The predicted octanol–water partition coefficient (Wildman–Crippen LogP) is 3.43. The number of carbonyl (C=O) groups excluding carboxylic acids is 1. The molecule has 2 unspecified atom stereocenters. The lowest BCUT2D eigenvalue weighted by atomic mass is 10.0. The molecule has 14 heavy (non-hydrogen) atoms. The summed E-state index contributed by atoms with van der Waals surface area (Å²) in [6, 6.07) is 0. The fourth-order valence-electron chi connectivity index (χ4n) is 0.971. The summed E-state index contributed by atoms with van der Waals surface area (Å²) in [7, 11) is -0.318. The Labute approximate surface area is 88.0 Å². The summed E-state index contributed by atoms with van der Waals surface area (Å²) < 4.78 is 16.8. The number of unbranched alkanes of at least 4 members (excludes halogenated alkanes) is 2. The Hall–Kier alpha value is -0.180. The zero-order chi connectivity index (χ0) is 11.0. The highest BCUT2D eigenvalue weighted by Crippen LogP contribution is 2.47. The number of halogens is 1. The summed E-state index contributed by atoms with van der Waals surface area (Å²) >= 11 is 0. The van der Waals surface area contributed by atoms with Crippen LogP contribution in [0.15, 0.2) is 0 Å². The Balaban J connectivity index is 3.58. The Bertz CT molecular complexity index is 213. The van der Waals surface area contributed by atoms with E-state index in [1.165, 1.54) is 0 Å². The fourth-order valence-corrected chi connectivity index (χ4v) is 1.63. The molecular formula is C9H15FO2P2. The zero-order valence-corrected chi connectivity index (χ0v) is 10.3. The average Bonchev–Trinajstić information content (AvgIpc) is 2.11. The Kier molecular flexibility index (Phi) is 8.05. The van der Waals surface area contributed by atoms with E-state index in [1.54, 1.807) is 6.92 Å². The maximum Gasteiger partial charge on any atom is 0.313 e. The van der Waals surface area contributed by atoms with Crippen LogP contribution in [0.5, 0.6) is 0 Å². The van der Waals surface area contributed by atoms with E-state index in [4.69, 9.17) is 6.42 Å². The maximum atomic E-state index is 12.3. The van der Waals surface area contributed by atoms with Gasteiger partial charge in [-0.2, -0.15) is 4.20 Å². The smallest absolute Gasteiger partial charge is 0.313 e. The molecule has 0 aliphatic rings. The molecular weight excluding hydrogens is 221 g/mol. The van der Waals surface area contributed by atoms with Gasteiger partial charge in [0.25, 0.3) is 8.15 Å². The molecule has 5 heteroatoms. The predicted molar refractivity (Wildman–Crippen MR) is 60.3 cm³/mol. The van der Waals surface area contributed by atoms with Crippen LogP contribution in [0.2, 0.25) is 0 Å². The molecule has 0 saturated carbocycles. The van der Waals surface area contributed by atoms with Gasteiger partial charge < -0.3 is 4.52 Å². The molecule has 0 saturated heterocycles. The minimum absolute atomic E-state index is 0.242. The second kappa shape index (κ2) is 8.16. The van der Waals surface area contributed by atoms with Crippen LogP contribution in [0.3, 0.4) is 0 Å². The van der Waals surface area contributed by atoms with Crippen molar-refractivity contribution >= 4 is 23.0 Å². The molecule has 0 aliphatic heterocycles. The highest BCUT2D eigenvalue weighted by atomic mass is 32.0. The first-order valence-electron chi connectivity index (χ1n) is 4.43. The Morgan fingerprint density at radius 1 is 1.71 bits per heavy atom. The third kappa shape index (κ3) is 7.25. The zero-order valence-electron chi connectivity index (χ0n) is 8.20. The fraction of sp³-hybridized carbons (Fsp3) is 0.667. The molecule has 0 bridgehead atoms. The van der Waals surface area contributed by atoms with Crippen LogP contribution < -0.4 is 0 Å². The molecule has 80 valence electrons. The van der Waals surface area contributed by atoms with Gasteiger partial charge in [-0.25, -0.2) is 0 Å². The lowest BCUT2D eigenvalue weighted by molar-refractivity contribution is -0.137. The summed E-state index contributed by atoms with van der Waals surface area (Å²) in [5, 5.41) is 0. The van der Waals surface area contributed by atoms with E-state index >= 15 is 0 Å². The van der Waals surface area contributed by atoms with Crippen molar-refractivity contribution in [1.82, 2.24) is 0 Å². The summed E-state index contributed by atoms with van der Waals surface area (Å²) in [6.45, 7) is 1.74. The van der Waals surface area contributed by atoms with E-state index in [2.05, 4.69) is 10.4 Å². The third-order valence-electron chi connectivity index (χ3n) is 1.79. The van der Waals surface area contributed by atoms with E-state index in [9.17, 15) is 8.99 Å². The molecule has 0 fully saturated rings. The summed E-state index contributed by atoms with van der Waals surface area (Å²) in [5.74, 6) is 1.82. The number of terminal acetylenes is 1. The number of hydrogen-bond donors (Lipinski definition) is 0. The third-order valence-corrected chi connectivity index (χ3v) is 2.46. The molecule has 0 spiro atoms. The molecule has 3 atom stereocenters. The second-order valence-electron chi connectivity index (χ2n) is 3.03. The molecule has 0 heterocycles. The SMILES string of the molecule is C#CCCCC[C@H](C)C(=O)OP(F)P. The summed E-state index contributed by atoms with van der Waals surface area (Å²) in [5.41, 5.74) is 0. The quantitative estimate of drug-likeness (QED) is 0.401. The van der Waals surface area contributed by atoms with Gasteiger partial charge in [0.15, 0.2) is 0 Å². The summed E-state index contributed by atoms with van der Waals surface area (Å²) in [6.07, 6.45) is 8.28. The van der Waals surface area contributed by atoms with Crippen molar-refractivity contribution in [2.24, 2.45) is 5.92 Å². The number of rotatable bonds is 6. The van der Waals surface area contributed by atoms with E-state index in [0.29, 0.717) is 6.42 Å². The second-order valence-corrected chi connectivity index (χ2v) is 4.98. The van der Waals surface area contributed by atoms with Crippen LogP contribution in [0.4, 0.5) is 4.20 Å². The maximum absolute atomic E-state index is 12.3. The van der Waals surface area contributed by atoms with E-state index in [0.717, 1.165) is 19.3 Å². The highest BCUT2D eigenvalue weighted by molar-refractivity contribution is 8.08. The first kappa shape index (κ1) is 13.8. The van der Waals surface area contributed by atoms with Crippen LogP contribution in [-0.2, 0) is 9.32 Å². The molecule has 0 rings (SSSR count). The van der Waals surface area contributed by atoms with Crippen LogP contribution in [-0.4, -0.2) is 5.97 Å². The van der Waals surface area contributed by atoms with Crippen LogP contribution >= 0.6 is 17.1 Å². The van der Waals surface area contributed by atoms with Crippen LogP contribution in [0.1, 0.15) is 32.6 Å². The van der Waals surface area contributed by atoms with Gasteiger partial charge in [-0.1, -0.05) is 13.3 Å². The first-order valence-corrected chi connectivity index (χ1v) is 7.20. The van der Waals surface area contributed by atoms with Crippen LogP contribution in [0, 0.1) is 18.3 Å². The molecule has 2 nitrogen and oxygen atoms in total. The van der Waals surface area contributed by atoms with E-state index < -0.39 is 14.1 Å². The molecule has 0 radical (unpaired) electrons. The molecule has 0 amide bonds. The Morgan fingerprint density at radius 2 is 2.36 bits per heavy atom. The van der Waals surface area contributed by atoms with Gasteiger partial charge >= 0.3 is 5.97 Å². The molecule has 0 aliphatic carbocycles. The van der Waals surface area contributed by atoms with Crippen molar-refractivity contribution in [2.45, 2.75) is 32.6 Å². The van der Waals surface area contributed by atoms with Gasteiger partial charge in [-0.15, -0.1) is 12.3 Å². The minimum atomic E-state index is -2.16. The number of carbonyl (C=O) groups is 1. The number of hydrogen-bond acceptors (Lipinski definition) is 2. The minimum Gasteiger partial charge on any atom is -0.409 e.